The number of amides is 3. The highest BCUT2D eigenvalue weighted by atomic mass is 16.6. The molecule has 3 heterocycles. The zero-order chi connectivity index (χ0) is 33.5. The van der Waals surface area contributed by atoms with Gasteiger partial charge in [-0.3, -0.25) is 14.4 Å². The third-order valence-corrected chi connectivity index (χ3v) is 9.19. The van der Waals surface area contributed by atoms with E-state index in [0.29, 0.717) is 25.9 Å². The maximum absolute atomic E-state index is 13.6. The largest absolute Gasteiger partial charge is 0.387 e. The number of hydrogen-bond acceptors (Lipinski definition) is 9. The molecule has 0 saturated carbocycles. The fraction of sp³-hybridized carbons (Fsp3) is 0.794. The molecule has 3 amide bonds. The van der Waals surface area contributed by atoms with Gasteiger partial charge in [-0.1, -0.05) is 97.0 Å². The quantitative estimate of drug-likeness (QED) is 0.117. The van der Waals surface area contributed by atoms with E-state index in [0.717, 1.165) is 19.3 Å². The van der Waals surface area contributed by atoms with Gasteiger partial charge in [0.1, 0.15) is 42.5 Å². The molecule has 0 aromatic heterocycles. The number of nitrogens with two attached hydrogens (primary N) is 1. The smallest absolute Gasteiger partial charge is 0.250 e. The summed E-state index contributed by atoms with van der Waals surface area (Å²) in [6.07, 6.45) is 14.2. The van der Waals surface area contributed by atoms with Crippen molar-refractivity contribution >= 4 is 17.7 Å². The lowest BCUT2D eigenvalue weighted by Crippen LogP contribution is -2.55. The minimum Gasteiger partial charge on any atom is -0.387 e. The Kier molecular flexibility index (Phi) is 16.5. The van der Waals surface area contributed by atoms with Gasteiger partial charge in [0.25, 0.3) is 5.91 Å². The van der Waals surface area contributed by atoms with Gasteiger partial charge in [0.05, 0.1) is 0 Å². The molecule has 12 heteroatoms. The van der Waals surface area contributed by atoms with Crippen LogP contribution in [0.5, 0.6) is 0 Å². The van der Waals surface area contributed by atoms with Crippen LogP contribution >= 0.6 is 0 Å². The summed E-state index contributed by atoms with van der Waals surface area (Å²) in [6, 6.07) is -1.07. The van der Waals surface area contributed by atoms with Gasteiger partial charge in [-0.15, -0.1) is 0 Å². The van der Waals surface area contributed by atoms with Gasteiger partial charge in [-0.2, -0.15) is 0 Å². The number of aliphatic hydroxyl groups excluding tert-OH is 2. The number of nitrogens with zero attached hydrogens (tertiary/aromatic N) is 2. The van der Waals surface area contributed by atoms with Crippen molar-refractivity contribution < 1.29 is 34.1 Å². The van der Waals surface area contributed by atoms with Gasteiger partial charge < -0.3 is 45.9 Å². The summed E-state index contributed by atoms with van der Waals surface area (Å²) >= 11 is 0. The Bertz CT molecular complexity index is 1010. The van der Waals surface area contributed by atoms with Crippen LogP contribution in [0.4, 0.5) is 0 Å². The first-order valence-corrected chi connectivity index (χ1v) is 17.6. The highest BCUT2D eigenvalue weighted by Gasteiger charge is 2.58. The maximum Gasteiger partial charge on any atom is 0.250 e. The lowest BCUT2D eigenvalue weighted by Gasteiger charge is -2.33. The molecule has 0 radical (unpaired) electrons. The van der Waals surface area contributed by atoms with Gasteiger partial charge in [0.15, 0.2) is 6.23 Å². The molecule has 46 heavy (non-hydrogen) atoms. The van der Waals surface area contributed by atoms with E-state index in [4.69, 9.17) is 15.2 Å². The predicted molar refractivity (Wildman–Crippen MR) is 176 cm³/mol. The van der Waals surface area contributed by atoms with Crippen molar-refractivity contribution in [2.45, 2.75) is 159 Å². The van der Waals surface area contributed by atoms with Gasteiger partial charge in [0.2, 0.25) is 11.8 Å². The first-order valence-electron chi connectivity index (χ1n) is 17.6. The summed E-state index contributed by atoms with van der Waals surface area (Å²) in [5.74, 6) is -0.944. The summed E-state index contributed by atoms with van der Waals surface area (Å²) < 4.78 is 12.3. The van der Waals surface area contributed by atoms with Crippen LogP contribution in [-0.4, -0.2) is 93.7 Å². The van der Waals surface area contributed by atoms with Gasteiger partial charge in [-0.05, 0) is 25.8 Å². The zero-order valence-corrected chi connectivity index (χ0v) is 28.0. The summed E-state index contributed by atoms with van der Waals surface area (Å²) in [4.78, 5) is 41.0. The topological polar surface area (TPSA) is 167 Å². The van der Waals surface area contributed by atoms with E-state index in [2.05, 4.69) is 24.1 Å². The SMILES string of the molecule is C=C1NC(=O)C=CN1[C@@H]1O[C@H]([C@H]2O[C@H](CCCN)N(C(C)=O)[C@@H]2C(=O)NCCCCCCCCCCCCCCCC)C(O)C1O. The fourth-order valence-electron chi connectivity index (χ4n) is 6.64. The summed E-state index contributed by atoms with van der Waals surface area (Å²) in [7, 11) is 0. The van der Waals surface area contributed by atoms with E-state index in [1.165, 1.54) is 99.6 Å². The number of ether oxygens (including phenoxy) is 2. The second kappa shape index (κ2) is 20.0. The van der Waals surface area contributed by atoms with Crippen LogP contribution in [-0.2, 0) is 23.9 Å². The Labute approximate surface area is 275 Å². The van der Waals surface area contributed by atoms with Gasteiger partial charge >= 0.3 is 0 Å². The molecule has 0 aromatic rings. The van der Waals surface area contributed by atoms with E-state index in [1.54, 1.807) is 0 Å². The number of nitrogens with one attached hydrogen (secondary N) is 2. The molecule has 7 atom stereocenters. The van der Waals surface area contributed by atoms with Crippen molar-refractivity contribution in [2.75, 3.05) is 13.1 Å². The van der Waals surface area contributed by atoms with Crippen molar-refractivity contribution in [3.8, 4) is 0 Å². The normalized spacial score (nSPS) is 27.8. The monoisotopic (exact) mass is 649 g/mol. The van der Waals surface area contributed by atoms with Crippen molar-refractivity contribution in [2.24, 2.45) is 5.73 Å². The molecule has 0 spiro atoms. The molecule has 3 aliphatic heterocycles. The number of carbonyl (C=O) groups is 3. The van der Waals surface area contributed by atoms with Crippen molar-refractivity contribution in [1.29, 1.82) is 0 Å². The lowest BCUT2D eigenvalue weighted by molar-refractivity contribution is -0.140. The Hall–Kier alpha value is -2.51. The Morgan fingerprint density at radius 1 is 0.913 bits per heavy atom. The first-order chi connectivity index (χ1) is 22.2. The average molecular weight is 650 g/mol. The van der Waals surface area contributed by atoms with E-state index in [9.17, 15) is 24.6 Å². The maximum atomic E-state index is 13.6. The van der Waals surface area contributed by atoms with E-state index < -0.39 is 48.8 Å². The van der Waals surface area contributed by atoms with Crippen LogP contribution in [0.2, 0.25) is 0 Å². The molecule has 2 fully saturated rings. The van der Waals surface area contributed by atoms with Crippen molar-refractivity contribution in [1.82, 2.24) is 20.4 Å². The zero-order valence-electron chi connectivity index (χ0n) is 28.0. The Morgan fingerprint density at radius 3 is 2.04 bits per heavy atom. The molecule has 3 rings (SSSR count). The highest BCUT2D eigenvalue weighted by Crippen LogP contribution is 2.37. The fourth-order valence-corrected chi connectivity index (χ4v) is 6.64. The summed E-state index contributed by atoms with van der Waals surface area (Å²) in [5.41, 5.74) is 5.73. The van der Waals surface area contributed by atoms with Gasteiger partial charge in [0, 0.05) is 25.7 Å². The number of carbonyl (C=O) groups excluding carboxylic acids is 3. The molecule has 0 aromatic carbocycles. The molecule has 2 saturated heterocycles. The van der Waals surface area contributed by atoms with Crippen LogP contribution in [0.25, 0.3) is 0 Å². The summed E-state index contributed by atoms with van der Waals surface area (Å²) in [5, 5.41) is 27.5. The van der Waals surface area contributed by atoms with E-state index >= 15 is 0 Å². The summed E-state index contributed by atoms with van der Waals surface area (Å²) in [6.45, 7) is 8.26. The van der Waals surface area contributed by atoms with Crippen LogP contribution < -0.4 is 16.4 Å². The van der Waals surface area contributed by atoms with Crippen LogP contribution in [0.15, 0.2) is 24.7 Å². The van der Waals surface area contributed by atoms with Gasteiger partial charge in [-0.25, -0.2) is 0 Å². The van der Waals surface area contributed by atoms with Crippen LogP contribution in [0.1, 0.15) is 117 Å². The molecule has 3 aliphatic rings. The molecular weight excluding hydrogens is 590 g/mol. The number of unbranched alkanes of at least 4 members (excludes halogenated alkanes) is 13. The molecule has 2 unspecified atom stereocenters. The third-order valence-electron chi connectivity index (χ3n) is 9.19. The second-order valence-corrected chi connectivity index (χ2v) is 12.9. The standard InChI is InChI=1S/C34H59N5O7/c1-4-5-6-7-8-9-10-11-12-13-14-15-16-17-22-36-33(44)28-31(45-27(19-18-21-35)39(28)25(3)40)32-29(42)30(43)34(46-32)38-23-20-26(41)37-24(38)2/h20,23,27-32,34,42-43H,2,4-19,21-22,35H2,1,3H3,(H,36,44)(H,37,41)/t27-,28+,29?,30?,31+,32+,34-/m1/s1. The number of aliphatic hydroxyl groups is 2. The molecule has 0 bridgehead atoms. The lowest BCUT2D eigenvalue weighted by atomic mass is 9.98. The number of hydrogen-bond donors (Lipinski definition) is 5. The molecule has 12 nitrogen and oxygen atoms in total. The minimum absolute atomic E-state index is 0.172. The Balaban J connectivity index is 1.50. The highest BCUT2D eigenvalue weighted by molar-refractivity contribution is 5.89. The van der Waals surface area contributed by atoms with E-state index in [1.807, 2.05) is 0 Å². The van der Waals surface area contributed by atoms with E-state index in [-0.39, 0.29) is 17.6 Å². The second-order valence-electron chi connectivity index (χ2n) is 12.9. The first kappa shape index (κ1) is 37.9. The third kappa shape index (κ3) is 10.8. The van der Waals surface area contributed by atoms with Crippen molar-refractivity contribution in [3.63, 3.8) is 0 Å². The van der Waals surface area contributed by atoms with Crippen molar-refractivity contribution in [3.05, 3.63) is 24.7 Å². The Morgan fingerprint density at radius 2 is 1.50 bits per heavy atom. The molecule has 0 aliphatic carbocycles. The average Bonchev–Trinajstić information content (AvgIpc) is 3.55. The van der Waals surface area contributed by atoms with Crippen LogP contribution in [0, 0.1) is 0 Å². The molecule has 6 N–H and O–H groups in total. The predicted octanol–water partition coefficient (Wildman–Crippen LogP) is 3.13. The number of rotatable bonds is 21. The molecule has 262 valence electrons. The molecular formula is C34H59N5O7. The minimum atomic E-state index is -1.43. The van der Waals surface area contributed by atoms with Crippen LogP contribution in [0.3, 0.4) is 0 Å².